The molecule has 2 N–H and O–H groups in total. The van der Waals surface area contributed by atoms with E-state index in [4.69, 9.17) is 0 Å². The van der Waals surface area contributed by atoms with Gasteiger partial charge in [0, 0.05) is 25.1 Å². The van der Waals surface area contributed by atoms with Gasteiger partial charge in [-0.25, -0.2) is 4.98 Å². The highest BCUT2D eigenvalue weighted by molar-refractivity contribution is 7.13. The van der Waals surface area contributed by atoms with Crippen LogP contribution in [0.2, 0.25) is 0 Å². The first kappa shape index (κ1) is 30.9. The van der Waals surface area contributed by atoms with Crippen molar-refractivity contribution < 1.29 is 19.5 Å². The number of nitrogens with one attached hydrogen (secondary N) is 1. The Kier molecular flexibility index (Phi) is 8.51. The molecular weight excluding hydrogens is 560 g/mol. The van der Waals surface area contributed by atoms with Gasteiger partial charge in [-0.2, -0.15) is 0 Å². The predicted molar refractivity (Wildman–Crippen MR) is 169 cm³/mol. The second kappa shape index (κ2) is 11.8. The number of fused-ring (bicyclic) bond motifs is 1. The van der Waals surface area contributed by atoms with E-state index in [2.05, 4.69) is 49.3 Å². The molecule has 1 saturated heterocycles. The minimum absolute atomic E-state index is 0.0552. The molecule has 9 heteroatoms. The van der Waals surface area contributed by atoms with Crippen molar-refractivity contribution in [1.29, 1.82) is 0 Å². The minimum atomic E-state index is -0.830. The number of aryl methyl sites for hydroxylation is 1. The molecule has 1 fully saturated rings. The summed E-state index contributed by atoms with van der Waals surface area (Å²) >= 11 is 1.61. The van der Waals surface area contributed by atoms with E-state index in [0.29, 0.717) is 12.1 Å². The van der Waals surface area contributed by atoms with Crippen LogP contribution >= 0.6 is 11.3 Å². The van der Waals surface area contributed by atoms with Crippen molar-refractivity contribution in [2.45, 2.75) is 91.1 Å². The number of nitrogens with zero attached hydrogens (tertiary/aromatic N) is 3. The standard InChI is InChI=1S/C34H42N4O4S/c1-19(2)29(38-16-23-10-8-9-11-26(23)32(38)41)33(42)37-17-24(39)15-28(37)31(40)36-20(3)25-13-12-22(14-27(25)34(5,6)7)30-21(4)35-18-43-30/h8-14,18-20,24,28-29,39H,15-17H2,1-7H3,(H,36,40). The fraction of sp³-hybridized carbons (Fsp3) is 0.471. The summed E-state index contributed by atoms with van der Waals surface area (Å²) in [6.45, 7) is 14.6. The number of aromatic nitrogens is 1. The Morgan fingerprint density at radius 3 is 2.47 bits per heavy atom. The fourth-order valence-electron chi connectivity index (χ4n) is 6.45. The number of thiazole rings is 1. The van der Waals surface area contributed by atoms with E-state index in [1.54, 1.807) is 22.3 Å². The molecule has 1 aromatic heterocycles. The van der Waals surface area contributed by atoms with Crippen LogP contribution in [0.1, 0.15) is 86.7 Å². The number of benzene rings is 2. The maximum absolute atomic E-state index is 14.1. The lowest BCUT2D eigenvalue weighted by molar-refractivity contribution is -0.143. The average molecular weight is 603 g/mol. The number of hydrogen-bond donors (Lipinski definition) is 2. The van der Waals surface area contributed by atoms with Gasteiger partial charge >= 0.3 is 0 Å². The van der Waals surface area contributed by atoms with Gasteiger partial charge in [-0.3, -0.25) is 14.4 Å². The Morgan fingerprint density at radius 2 is 1.84 bits per heavy atom. The summed E-state index contributed by atoms with van der Waals surface area (Å²) in [5, 5.41) is 13.8. The molecule has 2 aromatic carbocycles. The maximum Gasteiger partial charge on any atom is 0.255 e. The molecule has 0 spiro atoms. The van der Waals surface area contributed by atoms with E-state index < -0.39 is 18.2 Å². The van der Waals surface area contributed by atoms with Crippen molar-refractivity contribution in [3.8, 4) is 10.4 Å². The lowest BCUT2D eigenvalue weighted by atomic mass is 9.81. The molecule has 2 aliphatic rings. The van der Waals surface area contributed by atoms with Crippen LogP contribution in [0.15, 0.2) is 48.0 Å². The number of hydrogen-bond acceptors (Lipinski definition) is 6. The van der Waals surface area contributed by atoms with Gasteiger partial charge in [-0.1, -0.05) is 65.0 Å². The predicted octanol–water partition coefficient (Wildman–Crippen LogP) is 5.24. The molecule has 3 amide bonds. The number of likely N-dealkylation sites (tertiary alicyclic amines) is 1. The number of rotatable bonds is 7. The Hall–Kier alpha value is -3.56. The van der Waals surface area contributed by atoms with Crippen LogP contribution in [-0.2, 0) is 21.5 Å². The molecule has 0 bridgehead atoms. The molecule has 4 unspecified atom stereocenters. The Balaban J connectivity index is 1.37. The van der Waals surface area contributed by atoms with Crippen molar-refractivity contribution in [2.75, 3.05) is 6.54 Å². The molecule has 0 radical (unpaired) electrons. The molecule has 0 saturated carbocycles. The lowest BCUT2D eigenvalue weighted by Gasteiger charge is -2.35. The summed E-state index contributed by atoms with van der Waals surface area (Å²) in [4.78, 5) is 49.8. The Morgan fingerprint density at radius 1 is 1.12 bits per heavy atom. The Labute approximate surface area is 258 Å². The molecule has 8 nitrogen and oxygen atoms in total. The second-order valence-corrected chi connectivity index (χ2v) is 14.1. The highest BCUT2D eigenvalue weighted by Gasteiger charge is 2.46. The molecule has 2 aliphatic heterocycles. The van der Waals surface area contributed by atoms with E-state index in [0.717, 1.165) is 32.8 Å². The topological polar surface area (TPSA) is 103 Å². The lowest BCUT2D eigenvalue weighted by Crippen LogP contribution is -2.55. The first-order valence-corrected chi connectivity index (χ1v) is 15.9. The zero-order valence-corrected chi connectivity index (χ0v) is 26.9. The summed E-state index contributed by atoms with van der Waals surface area (Å²) in [7, 11) is 0. The van der Waals surface area contributed by atoms with E-state index in [1.807, 2.05) is 51.4 Å². The quantitative estimate of drug-likeness (QED) is 0.385. The number of amides is 3. The number of aliphatic hydroxyl groups is 1. The molecule has 0 aliphatic carbocycles. The van der Waals surface area contributed by atoms with Crippen LogP contribution in [0.3, 0.4) is 0 Å². The third kappa shape index (κ3) is 5.97. The molecule has 3 heterocycles. The van der Waals surface area contributed by atoms with Crippen LogP contribution in [0, 0.1) is 12.8 Å². The van der Waals surface area contributed by atoms with Crippen LogP contribution < -0.4 is 5.32 Å². The molecule has 3 aromatic rings. The SMILES string of the molecule is Cc1ncsc1-c1ccc(C(C)NC(=O)C2CC(O)CN2C(=O)C(C(C)C)N2Cc3ccccc3C2=O)c(C(C)(C)C)c1. The summed E-state index contributed by atoms with van der Waals surface area (Å²) < 4.78 is 0. The Bertz CT molecular complexity index is 1540. The van der Waals surface area contributed by atoms with Gasteiger partial charge in [0.25, 0.3) is 5.91 Å². The number of β-amino-alcohol motifs (C(OH)–C–C–N with tert-alkyl or cyclic N) is 1. The molecule has 43 heavy (non-hydrogen) atoms. The van der Waals surface area contributed by atoms with Gasteiger partial charge in [0.05, 0.1) is 28.2 Å². The van der Waals surface area contributed by atoms with Crippen LogP contribution in [-0.4, -0.2) is 62.3 Å². The molecule has 228 valence electrons. The van der Waals surface area contributed by atoms with Gasteiger partial charge in [0.1, 0.15) is 12.1 Å². The van der Waals surface area contributed by atoms with Gasteiger partial charge < -0.3 is 20.2 Å². The van der Waals surface area contributed by atoms with E-state index in [1.165, 1.54) is 4.90 Å². The van der Waals surface area contributed by atoms with Gasteiger partial charge in [0.15, 0.2) is 0 Å². The highest BCUT2D eigenvalue weighted by Crippen LogP contribution is 2.36. The minimum Gasteiger partial charge on any atom is -0.391 e. The van der Waals surface area contributed by atoms with Gasteiger partial charge in [0.2, 0.25) is 11.8 Å². The number of carbonyl (C=O) groups is 3. The largest absolute Gasteiger partial charge is 0.391 e. The third-order valence-corrected chi connectivity index (χ3v) is 9.61. The van der Waals surface area contributed by atoms with Crippen molar-refractivity contribution >= 4 is 29.1 Å². The second-order valence-electron chi connectivity index (χ2n) is 13.2. The van der Waals surface area contributed by atoms with Crippen molar-refractivity contribution in [2.24, 2.45) is 5.92 Å². The number of aliphatic hydroxyl groups excluding tert-OH is 1. The van der Waals surface area contributed by atoms with E-state index >= 15 is 0 Å². The van der Waals surface area contributed by atoms with Crippen molar-refractivity contribution in [1.82, 2.24) is 20.1 Å². The molecule has 5 rings (SSSR count). The van der Waals surface area contributed by atoms with Crippen LogP contribution in [0.25, 0.3) is 10.4 Å². The first-order valence-electron chi connectivity index (χ1n) is 15.0. The average Bonchev–Trinajstić information content (AvgIpc) is 3.65. The van der Waals surface area contributed by atoms with Gasteiger partial charge in [-0.15, -0.1) is 11.3 Å². The highest BCUT2D eigenvalue weighted by atomic mass is 32.1. The molecule has 4 atom stereocenters. The van der Waals surface area contributed by atoms with E-state index in [9.17, 15) is 19.5 Å². The van der Waals surface area contributed by atoms with E-state index in [-0.39, 0.29) is 48.1 Å². The normalized spacial score (nSPS) is 20.0. The first-order chi connectivity index (χ1) is 20.3. The summed E-state index contributed by atoms with van der Waals surface area (Å²) in [6.07, 6.45) is -0.666. The third-order valence-electron chi connectivity index (χ3n) is 8.63. The number of carbonyl (C=O) groups excluding carboxylic acids is 3. The monoisotopic (exact) mass is 602 g/mol. The summed E-state index contributed by atoms with van der Waals surface area (Å²) in [5.74, 6) is -0.969. The fourth-order valence-corrected chi connectivity index (χ4v) is 7.25. The maximum atomic E-state index is 14.1. The molecular formula is C34H42N4O4S. The summed E-state index contributed by atoms with van der Waals surface area (Å²) in [6, 6.07) is 11.8. The van der Waals surface area contributed by atoms with Gasteiger partial charge in [-0.05, 0) is 59.6 Å². The van der Waals surface area contributed by atoms with Crippen LogP contribution in [0.5, 0.6) is 0 Å². The smallest absolute Gasteiger partial charge is 0.255 e. The van der Waals surface area contributed by atoms with Crippen molar-refractivity contribution in [3.63, 3.8) is 0 Å². The zero-order chi connectivity index (χ0) is 31.2. The summed E-state index contributed by atoms with van der Waals surface area (Å²) in [5.41, 5.74) is 7.38. The van der Waals surface area contributed by atoms with Crippen LogP contribution in [0.4, 0.5) is 0 Å². The zero-order valence-electron chi connectivity index (χ0n) is 26.0. The van der Waals surface area contributed by atoms with Crippen molar-refractivity contribution in [3.05, 3.63) is 75.9 Å².